The third-order valence-corrected chi connectivity index (χ3v) is 5.95. The number of Topliss-reactive ketones (excluding diaryl/α,β-unsaturated/α-hetero) is 1. The van der Waals surface area contributed by atoms with Gasteiger partial charge in [0.05, 0.1) is 18.9 Å². The normalized spacial score (nSPS) is 17.6. The maximum atomic E-state index is 14.5. The van der Waals surface area contributed by atoms with Crippen molar-refractivity contribution in [2.45, 2.75) is 13.5 Å². The second kappa shape index (κ2) is 9.58. The summed E-state index contributed by atoms with van der Waals surface area (Å²) in [6.45, 7) is 7.71. The van der Waals surface area contributed by atoms with Gasteiger partial charge in [0.15, 0.2) is 5.78 Å². The van der Waals surface area contributed by atoms with Crippen LogP contribution < -0.4 is 4.90 Å². The van der Waals surface area contributed by atoms with Gasteiger partial charge in [-0.05, 0) is 42.8 Å². The van der Waals surface area contributed by atoms with Crippen molar-refractivity contribution in [3.05, 3.63) is 65.0 Å². The van der Waals surface area contributed by atoms with E-state index in [0.717, 1.165) is 38.4 Å². The Labute approximate surface area is 182 Å². The quantitative estimate of drug-likeness (QED) is 0.690. The minimum Gasteiger partial charge on any atom is -0.379 e. The first-order chi connectivity index (χ1) is 15.0. The number of nitrogens with zero attached hydrogens (tertiary/aromatic N) is 3. The first-order valence-corrected chi connectivity index (χ1v) is 10.7. The van der Waals surface area contributed by atoms with E-state index in [1.807, 2.05) is 28.0 Å². The summed E-state index contributed by atoms with van der Waals surface area (Å²) >= 11 is 0. The molecule has 2 saturated heterocycles. The Morgan fingerprint density at radius 3 is 2.35 bits per heavy atom. The van der Waals surface area contributed by atoms with E-state index in [1.165, 1.54) is 13.0 Å². The van der Waals surface area contributed by atoms with Crippen LogP contribution in [0.1, 0.15) is 33.2 Å². The van der Waals surface area contributed by atoms with Crippen LogP contribution in [0.2, 0.25) is 0 Å². The van der Waals surface area contributed by atoms with Gasteiger partial charge in [0.25, 0.3) is 5.91 Å². The van der Waals surface area contributed by atoms with Crippen LogP contribution in [0.25, 0.3) is 0 Å². The summed E-state index contributed by atoms with van der Waals surface area (Å²) in [7, 11) is 0. The molecule has 0 aromatic heterocycles. The Morgan fingerprint density at radius 2 is 1.68 bits per heavy atom. The van der Waals surface area contributed by atoms with Crippen molar-refractivity contribution >= 4 is 17.4 Å². The third-order valence-electron chi connectivity index (χ3n) is 5.95. The number of rotatable bonds is 5. The largest absolute Gasteiger partial charge is 0.379 e. The van der Waals surface area contributed by atoms with E-state index in [0.29, 0.717) is 43.0 Å². The van der Waals surface area contributed by atoms with Crippen LogP contribution in [0, 0.1) is 5.82 Å². The molecule has 4 rings (SSSR count). The zero-order chi connectivity index (χ0) is 21.8. The van der Waals surface area contributed by atoms with E-state index >= 15 is 0 Å². The lowest BCUT2D eigenvalue weighted by Gasteiger charge is -2.36. The van der Waals surface area contributed by atoms with Crippen molar-refractivity contribution in [2.75, 3.05) is 57.4 Å². The molecule has 2 aliphatic rings. The van der Waals surface area contributed by atoms with Crippen LogP contribution in [0.5, 0.6) is 0 Å². The molecule has 0 bridgehead atoms. The predicted molar refractivity (Wildman–Crippen MR) is 117 cm³/mol. The maximum Gasteiger partial charge on any atom is 0.253 e. The summed E-state index contributed by atoms with van der Waals surface area (Å²) in [5.74, 6) is -0.545. The summed E-state index contributed by atoms with van der Waals surface area (Å²) in [5.41, 5.74) is 2.66. The molecule has 2 aliphatic heterocycles. The first-order valence-electron chi connectivity index (χ1n) is 10.7. The number of anilines is 1. The molecule has 164 valence electrons. The molecule has 0 atom stereocenters. The lowest BCUT2D eigenvalue weighted by atomic mass is 10.1. The molecule has 0 spiro atoms. The molecule has 0 N–H and O–H groups in total. The van der Waals surface area contributed by atoms with Gasteiger partial charge in [0, 0.05) is 56.9 Å². The third kappa shape index (κ3) is 5.11. The average molecular weight is 426 g/mol. The Balaban J connectivity index is 1.37. The molecular weight excluding hydrogens is 397 g/mol. The van der Waals surface area contributed by atoms with Crippen molar-refractivity contribution in [2.24, 2.45) is 0 Å². The van der Waals surface area contributed by atoms with Crippen molar-refractivity contribution in [1.29, 1.82) is 0 Å². The molecule has 6 nitrogen and oxygen atoms in total. The highest BCUT2D eigenvalue weighted by atomic mass is 19.1. The lowest BCUT2D eigenvalue weighted by Crippen LogP contribution is -2.49. The molecule has 0 radical (unpaired) electrons. The van der Waals surface area contributed by atoms with E-state index in [1.54, 1.807) is 12.1 Å². The highest BCUT2D eigenvalue weighted by Gasteiger charge is 2.24. The molecule has 0 unspecified atom stereocenters. The maximum absolute atomic E-state index is 14.5. The van der Waals surface area contributed by atoms with Gasteiger partial charge in [-0.25, -0.2) is 4.39 Å². The van der Waals surface area contributed by atoms with Crippen molar-refractivity contribution in [3.8, 4) is 0 Å². The second-order valence-corrected chi connectivity index (χ2v) is 8.09. The Bertz CT molecular complexity index is 951. The number of halogens is 1. The molecule has 2 aromatic rings. The predicted octanol–water partition coefficient (Wildman–Crippen LogP) is 2.82. The molecule has 2 aromatic carbocycles. The number of ether oxygens (including phenoxy) is 1. The summed E-state index contributed by atoms with van der Waals surface area (Å²) in [4.78, 5) is 30.6. The standard InChI is InChI=1S/C24H28FN3O3/c1-18(29)20-5-6-23(22(25)16-20)27-7-9-28(10-8-27)24(30)21-4-2-3-19(15-21)17-26-11-13-31-14-12-26/h2-6,15-16H,7-14,17H2,1H3. The molecule has 0 saturated carbocycles. The van der Waals surface area contributed by atoms with E-state index in [-0.39, 0.29) is 11.7 Å². The molecule has 31 heavy (non-hydrogen) atoms. The smallest absolute Gasteiger partial charge is 0.253 e. The molecule has 0 aliphatic carbocycles. The molecule has 2 heterocycles. The molecule has 1 amide bonds. The Kier molecular flexibility index (Phi) is 6.63. The number of amides is 1. The van der Waals surface area contributed by atoms with Gasteiger partial charge in [-0.15, -0.1) is 0 Å². The van der Waals surface area contributed by atoms with Gasteiger partial charge in [0.1, 0.15) is 5.82 Å². The van der Waals surface area contributed by atoms with Gasteiger partial charge in [-0.2, -0.15) is 0 Å². The first kappa shape index (κ1) is 21.5. The Morgan fingerprint density at radius 1 is 0.935 bits per heavy atom. The number of piperazine rings is 1. The van der Waals surface area contributed by atoms with Crippen LogP contribution in [0.15, 0.2) is 42.5 Å². The van der Waals surface area contributed by atoms with Gasteiger partial charge in [0.2, 0.25) is 0 Å². The minimum atomic E-state index is -0.400. The fourth-order valence-electron chi connectivity index (χ4n) is 4.14. The van der Waals surface area contributed by atoms with E-state index in [4.69, 9.17) is 4.74 Å². The number of hydrogen-bond donors (Lipinski definition) is 0. The van der Waals surface area contributed by atoms with E-state index in [9.17, 15) is 14.0 Å². The Hall–Kier alpha value is -2.77. The molecular formula is C24H28FN3O3. The SMILES string of the molecule is CC(=O)c1ccc(N2CCN(C(=O)c3cccc(CN4CCOCC4)c3)CC2)c(F)c1. The highest BCUT2D eigenvalue weighted by molar-refractivity contribution is 5.95. The number of hydrogen-bond acceptors (Lipinski definition) is 5. The van der Waals surface area contributed by atoms with Crippen LogP contribution in [0.3, 0.4) is 0 Å². The summed E-state index contributed by atoms with van der Waals surface area (Å²) < 4.78 is 19.9. The number of benzene rings is 2. The van der Waals surface area contributed by atoms with E-state index < -0.39 is 5.82 Å². The molecule has 7 heteroatoms. The van der Waals surface area contributed by atoms with Crippen LogP contribution in [-0.4, -0.2) is 74.0 Å². The summed E-state index contributed by atoms with van der Waals surface area (Å²) in [6, 6.07) is 12.4. The number of carbonyl (C=O) groups is 2. The van der Waals surface area contributed by atoms with Gasteiger partial charge in [-0.1, -0.05) is 12.1 Å². The minimum absolute atomic E-state index is 0.0101. The van der Waals surface area contributed by atoms with Crippen LogP contribution >= 0.6 is 0 Å². The van der Waals surface area contributed by atoms with Crippen molar-refractivity contribution in [1.82, 2.24) is 9.80 Å². The van der Waals surface area contributed by atoms with Crippen LogP contribution in [-0.2, 0) is 11.3 Å². The monoisotopic (exact) mass is 425 g/mol. The van der Waals surface area contributed by atoms with Gasteiger partial charge < -0.3 is 14.5 Å². The summed E-state index contributed by atoms with van der Waals surface area (Å²) in [5, 5.41) is 0. The van der Waals surface area contributed by atoms with Crippen LogP contribution in [0.4, 0.5) is 10.1 Å². The fraction of sp³-hybridized carbons (Fsp3) is 0.417. The summed E-state index contributed by atoms with van der Waals surface area (Å²) in [6.07, 6.45) is 0. The van der Waals surface area contributed by atoms with Gasteiger partial charge in [-0.3, -0.25) is 14.5 Å². The molecule has 2 fully saturated rings. The topological polar surface area (TPSA) is 53.1 Å². The zero-order valence-corrected chi connectivity index (χ0v) is 17.8. The van der Waals surface area contributed by atoms with E-state index in [2.05, 4.69) is 11.0 Å². The number of carbonyl (C=O) groups excluding carboxylic acids is 2. The van der Waals surface area contributed by atoms with Crippen molar-refractivity contribution < 1.29 is 18.7 Å². The highest BCUT2D eigenvalue weighted by Crippen LogP contribution is 2.23. The average Bonchev–Trinajstić information content (AvgIpc) is 2.79. The lowest BCUT2D eigenvalue weighted by molar-refractivity contribution is 0.0341. The fourth-order valence-corrected chi connectivity index (χ4v) is 4.14. The van der Waals surface area contributed by atoms with Gasteiger partial charge >= 0.3 is 0 Å². The van der Waals surface area contributed by atoms with Crippen molar-refractivity contribution in [3.63, 3.8) is 0 Å². The zero-order valence-electron chi connectivity index (χ0n) is 17.8. The number of morpholine rings is 1. The number of ketones is 1. The second-order valence-electron chi connectivity index (χ2n) is 8.09.